The van der Waals surface area contributed by atoms with Crippen molar-refractivity contribution in [1.82, 2.24) is 9.80 Å². The van der Waals surface area contributed by atoms with Crippen molar-refractivity contribution in [2.24, 2.45) is 0 Å². The summed E-state index contributed by atoms with van der Waals surface area (Å²) in [6.07, 6.45) is 5.02. The van der Waals surface area contributed by atoms with Crippen LogP contribution in [0.3, 0.4) is 0 Å². The van der Waals surface area contributed by atoms with E-state index in [1.54, 1.807) is 11.9 Å². The fourth-order valence-corrected chi connectivity index (χ4v) is 4.78. The monoisotopic (exact) mass is 376 g/mol. The maximum absolute atomic E-state index is 13.4. The molecule has 2 saturated heterocycles. The van der Waals surface area contributed by atoms with Gasteiger partial charge in [-0.15, -0.1) is 0 Å². The summed E-state index contributed by atoms with van der Waals surface area (Å²) in [6.45, 7) is 2.00. The van der Waals surface area contributed by atoms with Crippen molar-refractivity contribution in [2.75, 3.05) is 26.7 Å². The quantitative estimate of drug-likeness (QED) is 0.792. The molecule has 1 atom stereocenters. The molecule has 0 radical (unpaired) electrons. The van der Waals surface area contributed by atoms with Crippen molar-refractivity contribution in [3.8, 4) is 0 Å². The van der Waals surface area contributed by atoms with Gasteiger partial charge in [0, 0.05) is 31.6 Å². The first-order chi connectivity index (χ1) is 12.4. The number of ether oxygens (including phenoxy) is 1. The van der Waals surface area contributed by atoms with E-state index in [-0.39, 0.29) is 12.0 Å². The minimum Gasteiger partial charge on any atom is -0.441 e. The summed E-state index contributed by atoms with van der Waals surface area (Å²) in [4.78, 5) is 28.9. The molecule has 2 amide bonds. The molecular formula is C20H25ClN2O3. The van der Waals surface area contributed by atoms with Gasteiger partial charge in [0.05, 0.1) is 12.0 Å². The average molecular weight is 377 g/mol. The molecule has 26 heavy (non-hydrogen) atoms. The highest BCUT2D eigenvalue weighted by Crippen LogP contribution is 2.46. The van der Waals surface area contributed by atoms with E-state index in [2.05, 4.69) is 0 Å². The molecule has 5 nitrogen and oxygen atoms in total. The Kier molecular flexibility index (Phi) is 4.38. The number of carbonyl (C=O) groups excluding carboxylic acids is 2. The maximum Gasteiger partial charge on any atom is 0.410 e. The Morgan fingerprint density at radius 3 is 2.38 bits per heavy atom. The third kappa shape index (κ3) is 2.86. The summed E-state index contributed by atoms with van der Waals surface area (Å²) in [5, 5.41) is 0.694. The number of hydrogen-bond acceptors (Lipinski definition) is 3. The van der Waals surface area contributed by atoms with E-state index in [1.807, 2.05) is 29.2 Å². The lowest BCUT2D eigenvalue weighted by Crippen LogP contribution is -2.51. The lowest BCUT2D eigenvalue weighted by atomic mass is 9.63. The molecule has 1 aromatic carbocycles. The fraction of sp³-hybridized carbons (Fsp3) is 0.600. The van der Waals surface area contributed by atoms with E-state index in [0.717, 1.165) is 44.2 Å². The number of likely N-dealkylation sites (tertiary alicyclic amines) is 1. The number of hydrogen-bond donors (Lipinski definition) is 0. The number of nitrogens with zero attached hydrogens (tertiary/aromatic N) is 2. The van der Waals surface area contributed by atoms with Crippen LogP contribution in [0.2, 0.25) is 5.02 Å². The van der Waals surface area contributed by atoms with Crippen LogP contribution < -0.4 is 0 Å². The van der Waals surface area contributed by atoms with Crippen LogP contribution in [-0.2, 0) is 14.9 Å². The van der Waals surface area contributed by atoms with Gasteiger partial charge in [0.25, 0.3) is 0 Å². The van der Waals surface area contributed by atoms with E-state index in [9.17, 15) is 9.59 Å². The van der Waals surface area contributed by atoms with Crippen LogP contribution in [0.5, 0.6) is 0 Å². The van der Waals surface area contributed by atoms with Crippen LogP contribution in [0.1, 0.15) is 44.1 Å². The molecule has 2 aliphatic heterocycles. The lowest BCUT2D eigenvalue weighted by Gasteiger charge is -2.44. The van der Waals surface area contributed by atoms with Crippen molar-refractivity contribution >= 4 is 23.6 Å². The molecule has 4 rings (SSSR count). The predicted octanol–water partition coefficient (Wildman–Crippen LogP) is 3.60. The zero-order chi connectivity index (χ0) is 18.4. The number of amides is 2. The molecule has 3 aliphatic rings. The number of likely N-dealkylation sites (N-methyl/N-ethyl adjacent to an activating group) is 1. The van der Waals surface area contributed by atoms with Gasteiger partial charge in [-0.1, -0.05) is 30.2 Å². The fourth-order valence-electron chi connectivity index (χ4n) is 4.65. The number of carbonyl (C=O) groups is 2. The van der Waals surface area contributed by atoms with E-state index in [0.29, 0.717) is 24.5 Å². The zero-order valence-corrected chi connectivity index (χ0v) is 15.9. The molecule has 1 unspecified atom stereocenters. The molecule has 1 saturated carbocycles. The van der Waals surface area contributed by atoms with Crippen LogP contribution in [0, 0.1) is 0 Å². The molecule has 2 heterocycles. The number of rotatable bonds is 2. The SMILES string of the molecule is CN1CC2(CCCN(C(=O)C3(c4ccc(Cl)cc4)CCC3)CC2)OC1=O. The molecule has 140 valence electrons. The summed E-state index contributed by atoms with van der Waals surface area (Å²) in [6, 6.07) is 7.73. The number of halogens is 1. The van der Waals surface area contributed by atoms with Gasteiger partial charge in [-0.25, -0.2) is 4.79 Å². The number of benzene rings is 1. The predicted molar refractivity (Wildman–Crippen MR) is 99.3 cm³/mol. The Morgan fingerprint density at radius 2 is 1.81 bits per heavy atom. The molecule has 0 bridgehead atoms. The van der Waals surface area contributed by atoms with Crippen LogP contribution in [0.25, 0.3) is 0 Å². The third-order valence-electron chi connectivity index (χ3n) is 6.34. The van der Waals surface area contributed by atoms with Crippen molar-refractivity contribution in [3.05, 3.63) is 34.9 Å². The molecule has 0 aromatic heterocycles. The Bertz CT molecular complexity index is 716. The van der Waals surface area contributed by atoms with E-state index in [1.165, 1.54) is 0 Å². The topological polar surface area (TPSA) is 49.9 Å². The summed E-state index contributed by atoms with van der Waals surface area (Å²) < 4.78 is 5.67. The van der Waals surface area contributed by atoms with Crippen LogP contribution in [-0.4, -0.2) is 54.1 Å². The van der Waals surface area contributed by atoms with Gasteiger partial charge in [-0.2, -0.15) is 0 Å². The first-order valence-corrected chi connectivity index (χ1v) is 9.82. The Labute approximate surface area is 159 Å². The average Bonchev–Trinajstić information content (AvgIpc) is 2.74. The highest BCUT2D eigenvalue weighted by molar-refractivity contribution is 6.30. The minimum absolute atomic E-state index is 0.223. The van der Waals surface area contributed by atoms with Crippen molar-refractivity contribution in [2.45, 2.75) is 49.5 Å². The van der Waals surface area contributed by atoms with E-state index >= 15 is 0 Å². The largest absolute Gasteiger partial charge is 0.441 e. The lowest BCUT2D eigenvalue weighted by molar-refractivity contribution is -0.141. The molecular weight excluding hydrogens is 352 g/mol. The summed E-state index contributed by atoms with van der Waals surface area (Å²) >= 11 is 6.02. The molecule has 1 aliphatic carbocycles. The summed E-state index contributed by atoms with van der Waals surface area (Å²) in [5.41, 5.74) is 0.253. The maximum atomic E-state index is 13.4. The molecule has 0 N–H and O–H groups in total. The molecule has 6 heteroatoms. The second-order valence-corrected chi connectivity index (χ2v) is 8.43. The Hall–Kier alpha value is -1.75. The molecule has 1 spiro atoms. The third-order valence-corrected chi connectivity index (χ3v) is 6.59. The Balaban J connectivity index is 1.51. The van der Waals surface area contributed by atoms with Crippen molar-refractivity contribution in [3.63, 3.8) is 0 Å². The van der Waals surface area contributed by atoms with Gasteiger partial charge >= 0.3 is 6.09 Å². The standard InChI is InChI=1S/C20H25ClN2O3/c1-22-14-19(26-18(22)25)8-3-12-23(13-11-19)17(24)20(9-2-10-20)15-4-6-16(21)7-5-15/h4-7H,2-3,8-14H2,1H3. The highest BCUT2D eigenvalue weighted by Gasteiger charge is 2.50. The first kappa shape index (κ1) is 17.7. The van der Waals surface area contributed by atoms with Crippen LogP contribution >= 0.6 is 11.6 Å². The van der Waals surface area contributed by atoms with Gasteiger partial charge < -0.3 is 14.5 Å². The van der Waals surface area contributed by atoms with Gasteiger partial charge in [0.2, 0.25) is 5.91 Å². The van der Waals surface area contributed by atoms with Crippen molar-refractivity contribution in [1.29, 1.82) is 0 Å². The zero-order valence-electron chi connectivity index (χ0n) is 15.2. The normalized spacial score (nSPS) is 27.8. The smallest absolute Gasteiger partial charge is 0.410 e. The van der Waals surface area contributed by atoms with Gasteiger partial charge in [0.15, 0.2) is 0 Å². The minimum atomic E-state index is -0.423. The first-order valence-electron chi connectivity index (χ1n) is 9.44. The van der Waals surface area contributed by atoms with Gasteiger partial charge in [-0.05, 0) is 43.4 Å². The molecule has 1 aromatic rings. The van der Waals surface area contributed by atoms with Gasteiger partial charge in [-0.3, -0.25) is 4.79 Å². The van der Waals surface area contributed by atoms with Crippen molar-refractivity contribution < 1.29 is 14.3 Å². The van der Waals surface area contributed by atoms with Gasteiger partial charge in [0.1, 0.15) is 5.60 Å². The molecule has 3 fully saturated rings. The second-order valence-electron chi connectivity index (χ2n) is 8.00. The van der Waals surface area contributed by atoms with E-state index < -0.39 is 11.0 Å². The summed E-state index contributed by atoms with van der Waals surface area (Å²) in [5.74, 6) is 0.223. The Morgan fingerprint density at radius 1 is 1.08 bits per heavy atom. The van der Waals surface area contributed by atoms with Crippen LogP contribution in [0.15, 0.2) is 24.3 Å². The summed E-state index contributed by atoms with van der Waals surface area (Å²) in [7, 11) is 1.77. The van der Waals surface area contributed by atoms with E-state index in [4.69, 9.17) is 16.3 Å². The highest BCUT2D eigenvalue weighted by atomic mass is 35.5. The second kappa shape index (κ2) is 6.45. The van der Waals surface area contributed by atoms with Crippen LogP contribution in [0.4, 0.5) is 4.79 Å².